The van der Waals surface area contributed by atoms with Gasteiger partial charge in [0, 0.05) is 17.5 Å². The minimum Gasteiger partial charge on any atom is -0.313 e. The number of oxime groups is 1. The SMILES string of the molecule is CCCCC1(CCCC)c2cc(C(C)=NOC(=O)c3ccccc3)ccc2-c2ccc([N+](=O)[O-])cc21. The third-order valence-corrected chi connectivity index (χ3v) is 7.16. The Kier molecular flexibility index (Phi) is 7.63. The zero-order chi connectivity index (χ0) is 25.7. The van der Waals surface area contributed by atoms with Crippen molar-refractivity contribution in [3.63, 3.8) is 0 Å². The summed E-state index contributed by atoms with van der Waals surface area (Å²) in [4.78, 5) is 28.9. The van der Waals surface area contributed by atoms with Crippen LogP contribution in [0.1, 0.15) is 86.3 Å². The lowest BCUT2D eigenvalue weighted by atomic mass is 9.70. The van der Waals surface area contributed by atoms with E-state index in [0.717, 1.165) is 60.8 Å². The van der Waals surface area contributed by atoms with Crippen LogP contribution in [0.5, 0.6) is 0 Å². The van der Waals surface area contributed by atoms with Crippen LogP contribution in [0, 0.1) is 10.1 Å². The monoisotopic (exact) mass is 484 g/mol. The average Bonchev–Trinajstić information content (AvgIpc) is 3.18. The Balaban J connectivity index is 1.76. The topological polar surface area (TPSA) is 81.8 Å². The van der Waals surface area contributed by atoms with E-state index in [2.05, 4.69) is 31.1 Å². The highest BCUT2D eigenvalue weighted by atomic mass is 16.7. The third kappa shape index (κ3) is 4.81. The van der Waals surface area contributed by atoms with E-state index < -0.39 is 5.97 Å². The molecular formula is C30H32N2O4. The Bertz CT molecular complexity index is 1290. The number of carbonyl (C=O) groups is 1. The van der Waals surface area contributed by atoms with E-state index in [1.807, 2.05) is 25.1 Å². The molecule has 0 saturated carbocycles. The summed E-state index contributed by atoms with van der Waals surface area (Å²) >= 11 is 0. The molecule has 6 nitrogen and oxygen atoms in total. The molecule has 36 heavy (non-hydrogen) atoms. The zero-order valence-electron chi connectivity index (χ0n) is 21.1. The molecule has 186 valence electrons. The molecule has 3 aromatic carbocycles. The molecule has 4 rings (SSSR count). The van der Waals surface area contributed by atoms with Gasteiger partial charge >= 0.3 is 5.97 Å². The summed E-state index contributed by atoms with van der Waals surface area (Å²) in [5.41, 5.74) is 6.17. The molecule has 0 fully saturated rings. The maximum Gasteiger partial charge on any atom is 0.365 e. The van der Waals surface area contributed by atoms with Gasteiger partial charge in [-0.25, -0.2) is 4.79 Å². The summed E-state index contributed by atoms with van der Waals surface area (Å²) in [6.07, 6.45) is 5.99. The number of unbranched alkanes of at least 4 members (excludes halogenated alkanes) is 2. The van der Waals surface area contributed by atoms with E-state index in [1.165, 1.54) is 5.56 Å². The van der Waals surface area contributed by atoms with Crippen molar-refractivity contribution in [2.24, 2.45) is 5.16 Å². The van der Waals surface area contributed by atoms with Gasteiger partial charge in [-0.1, -0.05) is 75.0 Å². The van der Waals surface area contributed by atoms with Gasteiger partial charge in [-0.05, 0) is 71.8 Å². The minimum absolute atomic E-state index is 0.129. The molecule has 0 N–H and O–H groups in total. The molecule has 3 aromatic rings. The lowest BCUT2D eigenvalue weighted by molar-refractivity contribution is -0.384. The molecule has 1 aliphatic rings. The van der Waals surface area contributed by atoms with Crippen LogP contribution < -0.4 is 0 Å². The minimum atomic E-state index is -0.504. The van der Waals surface area contributed by atoms with Gasteiger partial charge in [-0.2, -0.15) is 0 Å². The molecule has 0 spiro atoms. The standard InChI is InChI=1S/C30H32N2O4/c1-4-6-17-30(18-7-5-2)27-19-23(21(3)31-36-29(33)22-11-9-8-10-12-22)13-15-25(27)26-16-14-24(32(34)35)20-28(26)30/h8-16,19-20H,4-7,17-18H2,1-3H3. The fourth-order valence-electron chi connectivity index (χ4n) is 5.23. The number of non-ortho nitro benzene ring substituents is 1. The zero-order valence-corrected chi connectivity index (χ0v) is 21.1. The van der Waals surface area contributed by atoms with Gasteiger partial charge in [0.15, 0.2) is 0 Å². The van der Waals surface area contributed by atoms with Gasteiger partial charge in [-0.15, -0.1) is 0 Å². The van der Waals surface area contributed by atoms with E-state index in [1.54, 1.807) is 36.4 Å². The number of hydrogen-bond donors (Lipinski definition) is 0. The van der Waals surface area contributed by atoms with Crippen molar-refractivity contribution in [3.05, 3.63) is 99.1 Å². The quantitative estimate of drug-likeness (QED) is 0.127. The highest BCUT2D eigenvalue weighted by molar-refractivity contribution is 6.00. The summed E-state index contributed by atoms with van der Waals surface area (Å²) in [7, 11) is 0. The summed E-state index contributed by atoms with van der Waals surface area (Å²) < 4.78 is 0. The van der Waals surface area contributed by atoms with Crippen LogP contribution >= 0.6 is 0 Å². The summed E-state index contributed by atoms with van der Waals surface area (Å²) in [6.45, 7) is 6.17. The number of rotatable bonds is 10. The molecule has 1 aliphatic carbocycles. The van der Waals surface area contributed by atoms with Gasteiger partial charge in [0.25, 0.3) is 5.69 Å². The molecule has 0 aromatic heterocycles. The van der Waals surface area contributed by atoms with Crippen molar-refractivity contribution in [1.29, 1.82) is 0 Å². The van der Waals surface area contributed by atoms with Crippen molar-refractivity contribution in [2.45, 2.75) is 64.7 Å². The number of nitro groups is 1. The van der Waals surface area contributed by atoms with E-state index in [0.29, 0.717) is 11.3 Å². The van der Waals surface area contributed by atoms with Crippen LogP contribution in [0.3, 0.4) is 0 Å². The van der Waals surface area contributed by atoms with E-state index >= 15 is 0 Å². The number of nitro benzene ring substituents is 1. The highest BCUT2D eigenvalue weighted by Gasteiger charge is 2.43. The van der Waals surface area contributed by atoms with Crippen LogP contribution in [0.15, 0.2) is 71.9 Å². The number of carbonyl (C=O) groups excluding carboxylic acids is 1. The number of nitrogens with zero attached hydrogens (tertiary/aromatic N) is 2. The Labute approximate surface area is 212 Å². The fourth-order valence-corrected chi connectivity index (χ4v) is 5.23. The number of hydrogen-bond acceptors (Lipinski definition) is 5. The molecular weight excluding hydrogens is 452 g/mol. The maximum atomic E-state index is 12.4. The van der Waals surface area contributed by atoms with Crippen LogP contribution in [0.25, 0.3) is 11.1 Å². The summed E-state index contributed by atoms with van der Waals surface area (Å²) in [5, 5.41) is 15.8. The molecule has 0 radical (unpaired) electrons. The lowest BCUT2D eigenvalue weighted by Crippen LogP contribution is -2.26. The van der Waals surface area contributed by atoms with Crippen LogP contribution in [0.2, 0.25) is 0 Å². The first kappa shape index (κ1) is 25.3. The summed E-state index contributed by atoms with van der Waals surface area (Å²) in [6, 6.07) is 20.3. The first-order valence-corrected chi connectivity index (χ1v) is 12.7. The first-order chi connectivity index (χ1) is 17.4. The second-order valence-electron chi connectivity index (χ2n) is 9.46. The Morgan fingerprint density at radius 2 is 1.50 bits per heavy atom. The van der Waals surface area contributed by atoms with E-state index in [-0.39, 0.29) is 16.0 Å². The predicted molar refractivity (Wildman–Crippen MR) is 142 cm³/mol. The van der Waals surface area contributed by atoms with E-state index in [9.17, 15) is 14.9 Å². The van der Waals surface area contributed by atoms with Crippen LogP contribution in [-0.2, 0) is 10.3 Å². The van der Waals surface area contributed by atoms with Crippen molar-refractivity contribution in [3.8, 4) is 11.1 Å². The number of benzene rings is 3. The predicted octanol–water partition coefficient (Wildman–Crippen LogP) is 7.82. The molecule has 0 aliphatic heterocycles. The summed E-state index contributed by atoms with van der Waals surface area (Å²) in [5.74, 6) is -0.504. The molecule has 0 bridgehead atoms. The van der Waals surface area contributed by atoms with E-state index in [4.69, 9.17) is 4.84 Å². The Morgan fingerprint density at radius 3 is 2.11 bits per heavy atom. The largest absolute Gasteiger partial charge is 0.365 e. The maximum absolute atomic E-state index is 12.4. The van der Waals surface area contributed by atoms with Crippen LogP contribution in [-0.4, -0.2) is 16.6 Å². The molecule has 0 heterocycles. The van der Waals surface area contributed by atoms with Crippen molar-refractivity contribution >= 4 is 17.4 Å². The second-order valence-corrected chi connectivity index (χ2v) is 9.46. The molecule has 0 unspecified atom stereocenters. The highest BCUT2D eigenvalue weighted by Crippen LogP contribution is 2.55. The van der Waals surface area contributed by atoms with Gasteiger partial charge < -0.3 is 4.84 Å². The fraction of sp³-hybridized carbons (Fsp3) is 0.333. The normalized spacial score (nSPS) is 13.7. The van der Waals surface area contributed by atoms with Crippen LogP contribution in [0.4, 0.5) is 5.69 Å². The molecule has 6 heteroatoms. The van der Waals surface area contributed by atoms with Gasteiger partial charge in [-0.3, -0.25) is 10.1 Å². The Morgan fingerprint density at radius 1 is 0.889 bits per heavy atom. The van der Waals surface area contributed by atoms with Crippen molar-refractivity contribution in [2.75, 3.05) is 0 Å². The smallest absolute Gasteiger partial charge is 0.313 e. The number of fused-ring (bicyclic) bond motifs is 3. The lowest BCUT2D eigenvalue weighted by Gasteiger charge is -2.32. The third-order valence-electron chi connectivity index (χ3n) is 7.16. The molecule has 0 saturated heterocycles. The van der Waals surface area contributed by atoms with Gasteiger partial charge in [0.1, 0.15) is 0 Å². The average molecular weight is 485 g/mol. The van der Waals surface area contributed by atoms with Crippen molar-refractivity contribution in [1.82, 2.24) is 0 Å². The first-order valence-electron chi connectivity index (χ1n) is 12.7. The van der Waals surface area contributed by atoms with Gasteiger partial charge in [0.05, 0.1) is 16.2 Å². The molecule has 0 amide bonds. The van der Waals surface area contributed by atoms with Gasteiger partial charge in [0.2, 0.25) is 0 Å². The van der Waals surface area contributed by atoms with Crippen molar-refractivity contribution < 1.29 is 14.6 Å². The molecule has 0 atom stereocenters. The second kappa shape index (κ2) is 10.9. The Hall–Kier alpha value is -3.80.